The minimum Gasteiger partial charge on any atom is -0.360 e. The van der Waals surface area contributed by atoms with Gasteiger partial charge >= 0.3 is 0 Å². The van der Waals surface area contributed by atoms with Gasteiger partial charge in [-0.15, -0.1) is 0 Å². The molecule has 0 aliphatic carbocycles. The van der Waals surface area contributed by atoms with Gasteiger partial charge in [-0.1, -0.05) is 22.9 Å². The Balaban J connectivity index is 1.89. The first-order valence-electron chi connectivity index (χ1n) is 7.08. The number of carbonyl (C=O) groups is 1. The van der Waals surface area contributed by atoms with Crippen LogP contribution in [0, 0.1) is 20.8 Å². The summed E-state index contributed by atoms with van der Waals surface area (Å²) < 4.78 is 31.6. The summed E-state index contributed by atoms with van der Waals surface area (Å²) in [7, 11) is -3.71. The van der Waals surface area contributed by atoms with Crippen molar-refractivity contribution in [3.63, 3.8) is 0 Å². The predicted octanol–water partition coefficient (Wildman–Crippen LogP) is 1.31. The lowest BCUT2D eigenvalue weighted by Gasteiger charge is -2.08. The summed E-state index contributed by atoms with van der Waals surface area (Å²) in [5, 5.41) is 6.29. The molecule has 0 radical (unpaired) electrons. The van der Waals surface area contributed by atoms with Gasteiger partial charge in [0.2, 0.25) is 10.0 Å². The second kappa shape index (κ2) is 6.93. The fraction of sp³-hybridized carbons (Fsp3) is 0.333. The van der Waals surface area contributed by atoms with E-state index >= 15 is 0 Å². The van der Waals surface area contributed by atoms with Crippen molar-refractivity contribution in [2.24, 2.45) is 0 Å². The number of sulfonamides is 1. The smallest absolute Gasteiger partial charge is 0.251 e. The molecule has 2 aromatic rings. The lowest BCUT2D eigenvalue weighted by atomic mass is 10.1. The summed E-state index contributed by atoms with van der Waals surface area (Å²) in [6.45, 7) is 5.24. The third-order valence-corrected chi connectivity index (χ3v) is 4.92. The van der Waals surface area contributed by atoms with Gasteiger partial charge in [0, 0.05) is 18.7 Å². The summed E-state index contributed by atoms with van der Waals surface area (Å²) in [6, 6.07) is 7.17. The maximum Gasteiger partial charge on any atom is 0.251 e. The minimum atomic E-state index is -3.71. The van der Waals surface area contributed by atoms with Gasteiger partial charge in [-0.3, -0.25) is 4.79 Å². The average molecular weight is 337 g/mol. The van der Waals surface area contributed by atoms with Gasteiger partial charge in [-0.2, -0.15) is 0 Å². The van der Waals surface area contributed by atoms with E-state index in [4.69, 9.17) is 4.52 Å². The highest BCUT2D eigenvalue weighted by Gasteiger charge is 2.23. The first-order chi connectivity index (χ1) is 10.8. The summed E-state index contributed by atoms with van der Waals surface area (Å²) in [5.41, 5.74) is 1.83. The third kappa shape index (κ3) is 4.17. The number of nitrogens with zero attached hydrogens (tertiary/aromatic N) is 1. The molecular formula is C15H19N3O4S. The second-order valence-electron chi connectivity index (χ2n) is 5.18. The molecule has 0 unspecified atom stereocenters. The topological polar surface area (TPSA) is 101 Å². The van der Waals surface area contributed by atoms with Crippen molar-refractivity contribution < 1.29 is 17.7 Å². The Kier molecular flexibility index (Phi) is 5.17. The molecule has 7 nitrogen and oxygen atoms in total. The van der Waals surface area contributed by atoms with Crippen LogP contribution in [0.15, 0.2) is 33.7 Å². The molecule has 1 aromatic carbocycles. The molecule has 0 aliphatic heterocycles. The number of aromatic nitrogens is 1. The van der Waals surface area contributed by atoms with Crippen LogP contribution >= 0.6 is 0 Å². The van der Waals surface area contributed by atoms with E-state index in [1.165, 1.54) is 6.92 Å². The van der Waals surface area contributed by atoms with Gasteiger partial charge in [0.1, 0.15) is 10.6 Å². The van der Waals surface area contributed by atoms with E-state index in [0.717, 1.165) is 5.56 Å². The fourth-order valence-electron chi connectivity index (χ4n) is 2.18. The highest BCUT2D eigenvalue weighted by atomic mass is 32.2. The highest BCUT2D eigenvalue weighted by Crippen LogP contribution is 2.18. The number of hydrogen-bond acceptors (Lipinski definition) is 5. The van der Waals surface area contributed by atoms with Gasteiger partial charge in [0.05, 0.1) is 0 Å². The second-order valence-corrected chi connectivity index (χ2v) is 6.88. The molecule has 1 aromatic heterocycles. The van der Waals surface area contributed by atoms with E-state index in [-0.39, 0.29) is 29.7 Å². The number of nitrogens with one attached hydrogen (secondary N) is 2. The van der Waals surface area contributed by atoms with Crippen molar-refractivity contribution in [1.29, 1.82) is 0 Å². The van der Waals surface area contributed by atoms with Crippen LogP contribution in [0.3, 0.4) is 0 Å². The molecule has 124 valence electrons. The number of hydrogen-bond donors (Lipinski definition) is 2. The number of rotatable bonds is 6. The van der Waals surface area contributed by atoms with Gasteiger partial charge in [-0.05, 0) is 32.9 Å². The average Bonchev–Trinajstić information content (AvgIpc) is 2.83. The van der Waals surface area contributed by atoms with Crippen molar-refractivity contribution in [3.8, 4) is 0 Å². The monoisotopic (exact) mass is 337 g/mol. The maximum atomic E-state index is 12.2. The quantitative estimate of drug-likeness (QED) is 0.774. The summed E-state index contributed by atoms with van der Waals surface area (Å²) in [6.07, 6.45) is 0. The molecule has 8 heteroatoms. The molecular weight excluding hydrogens is 318 g/mol. The van der Waals surface area contributed by atoms with E-state index in [1.54, 1.807) is 25.1 Å². The van der Waals surface area contributed by atoms with Crippen LogP contribution in [0.2, 0.25) is 0 Å². The van der Waals surface area contributed by atoms with Crippen LogP contribution in [-0.2, 0) is 10.0 Å². The Bertz CT molecular complexity index is 792. The Morgan fingerprint density at radius 1 is 1.22 bits per heavy atom. The van der Waals surface area contributed by atoms with E-state index in [2.05, 4.69) is 15.2 Å². The highest BCUT2D eigenvalue weighted by molar-refractivity contribution is 7.89. The zero-order chi connectivity index (χ0) is 17.0. The third-order valence-electron chi connectivity index (χ3n) is 3.22. The first kappa shape index (κ1) is 17.2. The fourth-order valence-corrected chi connectivity index (χ4v) is 3.54. The molecule has 1 amide bonds. The summed E-state index contributed by atoms with van der Waals surface area (Å²) in [5.74, 6) is -0.0102. The molecule has 0 spiro atoms. The molecule has 2 N–H and O–H groups in total. The molecule has 0 saturated heterocycles. The van der Waals surface area contributed by atoms with E-state index in [0.29, 0.717) is 11.3 Å². The normalized spacial score (nSPS) is 11.4. The molecule has 0 atom stereocenters. The number of amides is 1. The molecule has 0 aliphatic rings. The van der Waals surface area contributed by atoms with E-state index in [1.807, 2.05) is 13.0 Å². The number of benzene rings is 1. The molecule has 1 heterocycles. The molecule has 0 saturated carbocycles. The van der Waals surface area contributed by atoms with E-state index in [9.17, 15) is 13.2 Å². The van der Waals surface area contributed by atoms with E-state index < -0.39 is 10.0 Å². The van der Waals surface area contributed by atoms with Gasteiger partial charge in [-0.25, -0.2) is 13.1 Å². The van der Waals surface area contributed by atoms with Crippen molar-refractivity contribution in [1.82, 2.24) is 15.2 Å². The van der Waals surface area contributed by atoms with Gasteiger partial charge in [0.25, 0.3) is 5.91 Å². The number of carbonyl (C=O) groups excluding carboxylic acids is 1. The molecule has 0 bridgehead atoms. The largest absolute Gasteiger partial charge is 0.360 e. The SMILES string of the molecule is Cc1cccc(C(=O)NCCNS(=O)(=O)c2c(C)noc2C)c1. The van der Waals surface area contributed by atoms with Crippen LogP contribution in [0.1, 0.15) is 27.4 Å². The Hall–Kier alpha value is -2.19. The minimum absolute atomic E-state index is 0.0440. The summed E-state index contributed by atoms with van der Waals surface area (Å²) in [4.78, 5) is 12.0. The Morgan fingerprint density at radius 2 is 1.96 bits per heavy atom. The molecule has 2 rings (SSSR count). The van der Waals surface area contributed by atoms with Crippen molar-refractivity contribution in [2.45, 2.75) is 25.7 Å². The zero-order valence-corrected chi connectivity index (χ0v) is 14.0. The molecule has 0 fully saturated rings. The maximum absolute atomic E-state index is 12.2. The van der Waals surface area contributed by atoms with Crippen molar-refractivity contribution in [2.75, 3.05) is 13.1 Å². The van der Waals surface area contributed by atoms with Crippen molar-refractivity contribution >= 4 is 15.9 Å². The van der Waals surface area contributed by atoms with Crippen molar-refractivity contribution in [3.05, 3.63) is 46.8 Å². The number of aryl methyl sites for hydroxylation is 3. The van der Waals surface area contributed by atoms with Crippen LogP contribution < -0.4 is 10.0 Å². The Labute approximate surface area is 135 Å². The standard InChI is InChI=1S/C15H19N3O4S/c1-10-5-4-6-13(9-10)15(19)16-7-8-17-23(20,21)14-11(2)18-22-12(14)3/h4-6,9,17H,7-8H2,1-3H3,(H,16,19). The lowest BCUT2D eigenvalue weighted by molar-refractivity contribution is 0.0954. The summed E-state index contributed by atoms with van der Waals surface area (Å²) >= 11 is 0. The van der Waals surface area contributed by atoms with Gasteiger partial charge in [0.15, 0.2) is 5.76 Å². The molecule has 23 heavy (non-hydrogen) atoms. The van der Waals surface area contributed by atoms with Crippen LogP contribution in [-0.4, -0.2) is 32.6 Å². The van der Waals surface area contributed by atoms with Gasteiger partial charge < -0.3 is 9.84 Å². The van der Waals surface area contributed by atoms with Crippen LogP contribution in [0.25, 0.3) is 0 Å². The lowest BCUT2D eigenvalue weighted by Crippen LogP contribution is -2.35. The van der Waals surface area contributed by atoms with Crippen LogP contribution in [0.4, 0.5) is 0 Å². The zero-order valence-electron chi connectivity index (χ0n) is 13.2. The first-order valence-corrected chi connectivity index (χ1v) is 8.57. The Morgan fingerprint density at radius 3 is 2.57 bits per heavy atom. The van der Waals surface area contributed by atoms with Crippen LogP contribution in [0.5, 0.6) is 0 Å². The predicted molar refractivity (Wildman–Crippen MR) is 84.7 cm³/mol.